The van der Waals surface area contributed by atoms with Crippen molar-refractivity contribution in [3.05, 3.63) is 40.9 Å². The third-order valence-corrected chi connectivity index (χ3v) is 2.97. The van der Waals surface area contributed by atoms with Gasteiger partial charge < -0.3 is 5.73 Å². The molecule has 2 N–H and O–H groups in total. The molecule has 0 radical (unpaired) electrons. The van der Waals surface area contributed by atoms with Gasteiger partial charge >= 0.3 is 0 Å². The first kappa shape index (κ1) is 12.7. The summed E-state index contributed by atoms with van der Waals surface area (Å²) < 4.78 is 41.6. The topological polar surface area (TPSA) is 69.1 Å². The van der Waals surface area contributed by atoms with E-state index in [9.17, 15) is 13.2 Å². The van der Waals surface area contributed by atoms with Crippen molar-refractivity contribution in [2.45, 2.75) is 0 Å². The molecule has 3 rings (SSSR count). The standard InChI is InChI=1S/C11H5ClF3N5/c12-10-9(8-5(14)1-4(13)2-6(8)15)11(16)20-7(18-10)3-17-19-20/h1-3H,16H2. The maximum Gasteiger partial charge on any atom is 0.179 e. The Labute approximate surface area is 114 Å². The summed E-state index contributed by atoms with van der Waals surface area (Å²) in [6.45, 7) is 0. The highest BCUT2D eigenvalue weighted by molar-refractivity contribution is 6.32. The predicted octanol–water partition coefficient (Wildman–Crippen LogP) is 2.44. The van der Waals surface area contributed by atoms with Gasteiger partial charge in [0.15, 0.2) is 5.65 Å². The first-order chi connectivity index (χ1) is 9.49. The number of aromatic nitrogens is 4. The molecule has 0 saturated heterocycles. The van der Waals surface area contributed by atoms with Gasteiger partial charge in [-0.1, -0.05) is 16.8 Å². The van der Waals surface area contributed by atoms with Crippen molar-refractivity contribution >= 4 is 23.1 Å². The largest absolute Gasteiger partial charge is 0.383 e. The SMILES string of the molecule is Nc1c(-c2c(F)cc(F)cc2F)c(Cl)nc2cnnn12. The van der Waals surface area contributed by atoms with Gasteiger partial charge in [0.2, 0.25) is 0 Å². The molecule has 3 aromatic rings. The van der Waals surface area contributed by atoms with E-state index >= 15 is 0 Å². The van der Waals surface area contributed by atoms with Crippen LogP contribution < -0.4 is 5.73 Å². The van der Waals surface area contributed by atoms with Gasteiger partial charge in [0.05, 0.1) is 17.3 Å². The number of nitrogens with two attached hydrogens (primary N) is 1. The molecule has 0 fully saturated rings. The van der Waals surface area contributed by atoms with Crippen molar-refractivity contribution in [1.82, 2.24) is 19.8 Å². The second kappa shape index (κ2) is 4.34. The van der Waals surface area contributed by atoms with Crippen LogP contribution >= 0.6 is 11.6 Å². The molecule has 0 spiro atoms. The minimum atomic E-state index is -1.14. The van der Waals surface area contributed by atoms with Crippen molar-refractivity contribution < 1.29 is 13.2 Å². The first-order valence-electron chi connectivity index (χ1n) is 5.29. The summed E-state index contributed by atoms with van der Waals surface area (Å²) >= 11 is 5.90. The summed E-state index contributed by atoms with van der Waals surface area (Å²) in [5.41, 5.74) is 5.22. The van der Waals surface area contributed by atoms with E-state index in [-0.39, 0.29) is 22.2 Å². The van der Waals surface area contributed by atoms with Crippen LogP contribution in [-0.2, 0) is 0 Å². The monoisotopic (exact) mass is 299 g/mol. The summed E-state index contributed by atoms with van der Waals surface area (Å²) in [5, 5.41) is 6.95. The molecule has 1 aromatic carbocycles. The Kier molecular flexibility index (Phi) is 2.75. The molecule has 0 amide bonds. The molecule has 2 heterocycles. The lowest BCUT2D eigenvalue weighted by atomic mass is 10.1. The molecule has 0 bridgehead atoms. The van der Waals surface area contributed by atoms with Crippen LogP contribution in [-0.4, -0.2) is 19.8 Å². The number of rotatable bonds is 1. The zero-order chi connectivity index (χ0) is 14.4. The molecule has 0 atom stereocenters. The van der Waals surface area contributed by atoms with Crippen LogP contribution in [0.1, 0.15) is 0 Å². The summed E-state index contributed by atoms with van der Waals surface area (Å²) in [6.07, 6.45) is 1.28. The van der Waals surface area contributed by atoms with Gasteiger partial charge in [0, 0.05) is 12.1 Å². The average Bonchev–Trinajstić information content (AvgIpc) is 2.80. The van der Waals surface area contributed by atoms with Gasteiger partial charge in [0.25, 0.3) is 0 Å². The third-order valence-electron chi connectivity index (χ3n) is 2.69. The number of nitrogen functional groups attached to an aromatic ring is 1. The highest BCUT2D eigenvalue weighted by atomic mass is 35.5. The van der Waals surface area contributed by atoms with Gasteiger partial charge in [-0.3, -0.25) is 0 Å². The highest BCUT2D eigenvalue weighted by Crippen LogP contribution is 2.36. The van der Waals surface area contributed by atoms with Crippen LogP contribution in [0.4, 0.5) is 19.0 Å². The number of hydrogen-bond donors (Lipinski definition) is 1. The number of hydrogen-bond acceptors (Lipinski definition) is 4. The lowest BCUT2D eigenvalue weighted by Gasteiger charge is -2.10. The van der Waals surface area contributed by atoms with E-state index in [1.165, 1.54) is 6.20 Å². The zero-order valence-corrected chi connectivity index (χ0v) is 10.4. The Balaban J connectivity index is 2.40. The van der Waals surface area contributed by atoms with E-state index in [1.807, 2.05) is 0 Å². The van der Waals surface area contributed by atoms with Crippen molar-refractivity contribution in [3.8, 4) is 11.1 Å². The molecule has 20 heavy (non-hydrogen) atoms. The first-order valence-corrected chi connectivity index (χ1v) is 5.67. The minimum absolute atomic E-state index is 0.151. The summed E-state index contributed by atoms with van der Waals surface area (Å²) in [7, 11) is 0. The highest BCUT2D eigenvalue weighted by Gasteiger charge is 2.22. The maximum absolute atomic E-state index is 13.8. The van der Waals surface area contributed by atoms with Crippen LogP contribution in [0.25, 0.3) is 16.8 Å². The van der Waals surface area contributed by atoms with E-state index in [0.717, 1.165) is 4.52 Å². The lowest BCUT2D eigenvalue weighted by Crippen LogP contribution is -2.06. The van der Waals surface area contributed by atoms with Crippen LogP contribution in [0.3, 0.4) is 0 Å². The van der Waals surface area contributed by atoms with Gasteiger partial charge in [-0.05, 0) is 0 Å². The van der Waals surface area contributed by atoms with Crippen molar-refractivity contribution in [1.29, 1.82) is 0 Å². The van der Waals surface area contributed by atoms with E-state index in [1.54, 1.807) is 0 Å². The van der Waals surface area contributed by atoms with Gasteiger partial charge in [0.1, 0.15) is 28.4 Å². The Bertz CT molecular complexity index is 809. The fourth-order valence-electron chi connectivity index (χ4n) is 1.86. The number of benzene rings is 1. The van der Waals surface area contributed by atoms with Gasteiger partial charge in [-0.15, -0.1) is 5.10 Å². The summed E-state index contributed by atoms with van der Waals surface area (Å²) in [5.74, 6) is -3.48. The normalized spacial score (nSPS) is 11.2. The van der Waals surface area contributed by atoms with Crippen molar-refractivity contribution in [2.24, 2.45) is 0 Å². The molecule has 0 aliphatic rings. The zero-order valence-electron chi connectivity index (χ0n) is 9.61. The Hall–Kier alpha value is -2.35. The fourth-order valence-corrected chi connectivity index (χ4v) is 2.14. The molecule has 0 aliphatic carbocycles. The Morgan fingerprint density at radius 2 is 1.75 bits per heavy atom. The third kappa shape index (κ3) is 1.76. The Morgan fingerprint density at radius 1 is 1.10 bits per heavy atom. The van der Waals surface area contributed by atoms with E-state index in [2.05, 4.69) is 15.3 Å². The molecule has 0 aliphatic heterocycles. The quantitative estimate of drug-likeness (QED) is 0.701. The molecular weight excluding hydrogens is 295 g/mol. The summed E-state index contributed by atoms with van der Waals surface area (Å²) in [4.78, 5) is 3.87. The van der Waals surface area contributed by atoms with Crippen LogP contribution in [0.2, 0.25) is 5.15 Å². The van der Waals surface area contributed by atoms with Crippen LogP contribution in [0.15, 0.2) is 18.3 Å². The molecular formula is C11H5ClF3N5. The number of nitrogens with zero attached hydrogens (tertiary/aromatic N) is 4. The number of fused-ring (bicyclic) bond motifs is 1. The molecule has 5 nitrogen and oxygen atoms in total. The van der Waals surface area contributed by atoms with Crippen molar-refractivity contribution in [3.63, 3.8) is 0 Å². The fraction of sp³-hybridized carbons (Fsp3) is 0. The van der Waals surface area contributed by atoms with E-state index in [4.69, 9.17) is 17.3 Å². The van der Waals surface area contributed by atoms with Gasteiger partial charge in [-0.25, -0.2) is 18.2 Å². The van der Waals surface area contributed by atoms with E-state index < -0.39 is 23.0 Å². The van der Waals surface area contributed by atoms with E-state index in [0.29, 0.717) is 12.1 Å². The smallest absolute Gasteiger partial charge is 0.179 e. The molecule has 0 saturated carbocycles. The van der Waals surface area contributed by atoms with Crippen molar-refractivity contribution in [2.75, 3.05) is 5.73 Å². The van der Waals surface area contributed by atoms with Crippen LogP contribution in [0.5, 0.6) is 0 Å². The molecule has 102 valence electrons. The maximum atomic E-state index is 13.8. The van der Waals surface area contributed by atoms with Gasteiger partial charge in [-0.2, -0.15) is 4.52 Å². The minimum Gasteiger partial charge on any atom is -0.383 e. The second-order valence-electron chi connectivity index (χ2n) is 3.91. The molecule has 9 heteroatoms. The number of anilines is 1. The predicted molar refractivity (Wildman–Crippen MR) is 65.5 cm³/mol. The molecule has 0 unspecified atom stereocenters. The Morgan fingerprint density at radius 3 is 2.40 bits per heavy atom. The average molecular weight is 300 g/mol. The van der Waals surface area contributed by atoms with Crippen LogP contribution in [0, 0.1) is 17.5 Å². The summed E-state index contributed by atoms with van der Waals surface area (Å²) in [6, 6.07) is 1.05. The second-order valence-corrected chi connectivity index (χ2v) is 4.27. The number of halogens is 4. The molecule has 2 aromatic heterocycles. The lowest BCUT2D eigenvalue weighted by molar-refractivity contribution is 0.548.